The summed E-state index contributed by atoms with van der Waals surface area (Å²) < 4.78 is 0. The SMILES string of the molecule is O=C(O)c1ccc(C(=O)Nc2sc3c(c2C(=O)NCc2cccc([N+](=O)[O-])c2)C2=CCCC23)cc1. The van der Waals surface area contributed by atoms with Gasteiger partial charge in [-0.25, -0.2) is 4.79 Å². The zero-order valence-electron chi connectivity index (χ0n) is 18.2. The molecule has 0 spiro atoms. The molecule has 3 N–H and O–H groups in total. The lowest BCUT2D eigenvalue weighted by atomic mass is 9.79. The standard InChI is InChI=1S/C25H19N3O6S/c29-22(14-7-9-15(10-8-14)25(31)32)27-24-20(19-17-5-2-6-18(17)21(19)35-24)23(30)26-12-13-3-1-4-16(11-13)28(33)34/h1,3-5,7-11,18H,2,6,12H2,(H,26,30)(H,27,29)(H,31,32). The first kappa shape index (κ1) is 22.5. The molecule has 0 radical (unpaired) electrons. The van der Waals surface area contributed by atoms with Crippen molar-refractivity contribution >= 4 is 45.4 Å². The molecule has 2 aliphatic carbocycles. The first-order valence-electron chi connectivity index (χ1n) is 10.9. The van der Waals surface area contributed by atoms with Gasteiger partial charge in [-0.05, 0) is 48.2 Å². The number of benzene rings is 2. The topological polar surface area (TPSA) is 139 Å². The van der Waals surface area contributed by atoms with Crippen LogP contribution in [0.5, 0.6) is 0 Å². The van der Waals surface area contributed by atoms with Gasteiger partial charge in [-0.3, -0.25) is 19.7 Å². The molecule has 0 fully saturated rings. The second-order valence-corrected chi connectivity index (χ2v) is 9.33. The molecule has 0 saturated heterocycles. The van der Waals surface area contributed by atoms with Crippen LogP contribution in [-0.4, -0.2) is 27.8 Å². The van der Waals surface area contributed by atoms with E-state index in [2.05, 4.69) is 16.7 Å². The molecule has 5 rings (SSSR count). The van der Waals surface area contributed by atoms with Crippen molar-refractivity contribution < 1.29 is 24.4 Å². The summed E-state index contributed by atoms with van der Waals surface area (Å²) in [4.78, 5) is 48.8. The molecule has 1 aromatic heterocycles. The van der Waals surface area contributed by atoms with Crippen molar-refractivity contribution in [1.29, 1.82) is 0 Å². The van der Waals surface area contributed by atoms with Crippen LogP contribution in [0.15, 0.2) is 54.6 Å². The number of nitro groups is 1. The number of anilines is 1. The van der Waals surface area contributed by atoms with Gasteiger partial charge in [0.2, 0.25) is 0 Å². The maximum absolute atomic E-state index is 13.3. The number of non-ortho nitro benzene ring substituents is 1. The van der Waals surface area contributed by atoms with E-state index in [1.54, 1.807) is 12.1 Å². The molecule has 3 aromatic rings. The van der Waals surface area contributed by atoms with Gasteiger partial charge in [0.1, 0.15) is 5.00 Å². The predicted octanol–water partition coefficient (Wildman–Crippen LogP) is 4.81. The Balaban J connectivity index is 1.40. The number of hydrogen-bond acceptors (Lipinski definition) is 6. The average molecular weight is 490 g/mol. The first-order valence-corrected chi connectivity index (χ1v) is 11.7. The van der Waals surface area contributed by atoms with E-state index in [4.69, 9.17) is 5.11 Å². The van der Waals surface area contributed by atoms with Crippen LogP contribution in [0.2, 0.25) is 0 Å². The van der Waals surface area contributed by atoms with Crippen LogP contribution < -0.4 is 10.6 Å². The molecular weight excluding hydrogens is 470 g/mol. The number of thiophene rings is 1. The number of fused-ring (bicyclic) bond motifs is 4. The van der Waals surface area contributed by atoms with Crippen LogP contribution in [0, 0.1) is 10.1 Å². The summed E-state index contributed by atoms with van der Waals surface area (Å²) in [5.74, 6) is -1.64. The Kier molecular flexibility index (Phi) is 5.65. The summed E-state index contributed by atoms with van der Waals surface area (Å²) in [6.07, 6.45) is 4.03. The average Bonchev–Trinajstić information content (AvgIpc) is 3.40. The molecular formula is C25H19N3O6S. The fraction of sp³-hybridized carbons (Fsp3) is 0.160. The van der Waals surface area contributed by atoms with E-state index in [-0.39, 0.29) is 35.2 Å². The summed E-state index contributed by atoms with van der Waals surface area (Å²) in [5.41, 5.74) is 3.22. The number of carboxylic acid groups (broad SMARTS) is 1. The molecule has 1 unspecified atom stereocenters. The quantitative estimate of drug-likeness (QED) is 0.321. The molecule has 1 atom stereocenters. The molecule has 0 aliphatic heterocycles. The Hall–Kier alpha value is -4.31. The van der Waals surface area contributed by atoms with Crippen molar-refractivity contribution in [1.82, 2.24) is 5.32 Å². The van der Waals surface area contributed by atoms with Crippen LogP contribution in [-0.2, 0) is 6.54 Å². The zero-order valence-corrected chi connectivity index (χ0v) is 19.1. The fourth-order valence-corrected chi connectivity index (χ4v) is 5.82. The predicted molar refractivity (Wildman–Crippen MR) is 130 cm³/mol. The number of carboxylic acids is 1. The molecule has 0 bridgehead atoms. The van der Waals surface area contributed by atoms with Gasteiger partial charge in [-0.15, -0.1) is 11.3 Å². The Morgan fingerprint density at radius 2 is 1.83 bits per heavy atom. The molecule has 0 saturated carbocycles. The van der Waals surface area contributed by atoms with Crippen molar-refractivity contribution in [2.45, 2.75) is 25.3 Å². The number of carbonyl (C=O) groups is 3. The number of nitrogens with zero attached hydrogens (tertiary/aromatic N) is 1. The molecule has 10 heteroatoms. The van der Waals surface area contributed by atoms with E-state index in [0.717, 1.165) is 28.9 Å². The van der Waals surface area contributed by atoms with Crippen molar-refractivity contribution in [2.75, 3.05) is 5.32 Å². The van der Waals surface area contributed by atoms with Crippen molar-refractivity contribution in [3.05, 3.63) is 97.4 Å². The minimum atomic E-state index is -1.09. The fourth-order valence-electron chi connectivity index (χ4n) is 4.45. The Morgan fingerprint density at radius 1 is 1.09 bits per heavy atom. The lowest BCUT2D eigenvalue weighted by molar-refractivity contribution is -0.384. The van der Waals surface area contributed by atoms with Gasteiger partial charge >= 0.3 is 5.97 Å². The maximum Gasteiger partial charge on any atom is 0.335 e. The maximum atomic E-state index is 13.3. The highest BCUT2D eigenvalue weighted by molar-refractivity contribution is 7.17. The summed E-state index contributed by atoms with van der Waals surface area (Å²) >= 11 is 1.37. The monoisotopic (exact) mass is 489 g/mol. The summed E-state index contributed by atoms with van der Waals surface area (Å²) in [7, 11) is 0. The largest absolute Gasteiger partial charge is 0.478 e. The van der Waals surface area contributed by atoms with Gasteiger partial charge in [0.05, 0.1) is 16.1 Å². The molecule has 176 valence electrons. The smallest absolute Gasteiger partial charge is 0.335 e. The molecule has 2 amide bonds. The molecule has 9 nitrogen and oxygen atoms in total. The third kappa shape index (κ3) is 4.08. The minimum Gasteiger partial charge on any atom is -0.478 e. The van der Waals surface area contributed by atoms with Crippen LogP contribution in [0.4, 0.5) is 10.7 Å². The molecule has 2 aromatic carbocycles. The normalized spacial score (nSPS) is 15.3. The third-order valence-electron chi connectivity index (χ3n) is 6.16. The third-order valence-corrected chi connectivity index (χ3v) is 7.38. The van der Waals surface area contributed by atoms with Gasteiger partial charge in [0.15, 0.2) is 0 Å². The second kappa shape index (κ2) is 8.80. The van der Waals surface area contributed by atoms with Crippen LogP contribution in [0.25, 0.3) is 5.57 Å². The highest BCUT2D eigenvalue weighted by Gasteiger charge is 2.42. The van der Waals surface area contributed by atoms with Gasteiger partial charge in [-0.2, -0.15) is 0 Å². The van der Waals surface area contributed by atoms with E-state index in [9.17, 15) is 24.5 Å². The van der Waals surface area contributed by atoms with Crippen molar-refractivity contribution in [3.8, 4) is 0 Å². The first-order chi connectivity index (χ1) is 16.8. The van der Waals surface area contributed by atoms with E-state index >= 15 is 0 Å². The minimum absolute atomic E-state index is 0.0582. The lowest BCUT2D eigenvalue weighted by Crippen LogP contribution is -2.26. The summed E-state index contributed by atoms with van der Waals surface area (Å²) in [6.45, 7) is 0.0949. The van der Waals surface area contributed by atoms with Gasteiger partial charge in [-0.1, -0.05) is 18.2 Å². The number of hydrogen-bond donors (Lipinski definition) is 3. The number of allylic oxidation sites excluding steroid dienone is 2. The molecule has 1 heterocycles. The number of carbonyl (C=O) groups excluding carboxylic acids is 2. The number of aromatic carboxylic acids is 1. The van der Waals surface area contributed by atoms with Gasteiger partial charge < -0.3 is 15.7 Å². The molecule has 2 aliphatic rings. The number of rotatable bonds is 7. The van der Waals surface area contributed by atoms with E-state index in [1.165, 1.54) is 47.7 Å². The Morgan fingerprint density at radius 3 is 2.54 bits per heavy atom. The van der Waals surface area contributed by atoms with Crippen molar-refractivity contribution in [3.63, 3.8) is 0 Å². The Labute approximate surface area is 203 Å². The lowest BCUT2D eigenvalue weighted by Gasteiger charge is -2.26. The van der Waals surface area contributed by atoms with Crippen LogP contribution in [0.1, 0.15) is 65.8 Å². The van der Waals surface area contributed by atoms with Crippen LogP contribution >= 0.6 is 11.3 Å². The molecule has 35 heavy (non-hydrogen) atoms. The van der Waals surface area contributed by atoms with Gasteiger partial charge in [0.25, 0.3) is 17.5 Å². The van der Waals surface area contributed by atoms with E-state index in [1.807, 2.05) is 0 Å². The van der Waals surface area contributed by atoms with E-state index in [0.29, 0.717) is 16.1 Å². The number of nitro benzene ring substituents is 1. The zero-order chi connectivity index (χ0) is 24.7. The number of amides is 2. The van der Waals surface area contributed by atoms with Crippen molar-refractivity contribution in [2.24, 2.45) is 0 Å². The summed E-state index contributed by atoms with van der Waals surface area (Å²) in [5, 5.41) is 26.2. The Bertz CT molecular complexity index is 1420. The number of nitrogens with one attached hydrogen (secondary N) is 2. The second-order valence-electron chi connectivity index (χ2n) is 8.28. The highest BCUT2D eigenvalue weighted by Crippen LogP contribution is 2.59. The van der Waals surface area contributed by atoms with E-state index < -0.39 is 16.8 Å². The summed E-state index contributed by atoms with van der Waals surface area (Å²) in [6, 6.07) is 11.6. The highest BCUT2D eigenvalue weighted by atomic mass is 32.1. The van der Waals surface area contributed by atoms with Crippen LogP contribution in [0.3, 0.4) is 0 Å². The van der Waals surface area contributed by atoms with Gasteiger partial charge in [0, 0.05) is 40.6 Å².